The molecule has 0 bridgehead atoms. The third-order valence-electron chi connectivity index (χ3n) is 3.92. The molecule has 0 saturated heterocycles. The summed E-state index contributed by atoms with van der Waals surface area (Å²) in [6, 6.07) is 18.1. The van der Waals surface area contributed by atoms with Crippen LogP contribution in [-0.4, -0.2) is 18.1 Å². The van der Waals surface area contributed by atoms with Crippen LogP contribution >= 0.6 is 0 Å². The number of aliphatic hydroxyl groups is 1. The Morgan fingerprint density at radius 3 is 2.48 bits per heavy atom. The molecule has 3 rings (SSSR count). The molecule has 23 heavy (non-hydrogen) atoms. The lowest BCUT2D eigenvalue weighted by Crippen LogP contribution is -2.12. The van der Waals surface area contributed by atoms with E-state index in [1.807, 2.05) is 36.4 Å². The summed E-state index contributed by atoms with van der Waals surface area (Å²) in [6.07, 6.45) is -0.856. The molecule has 0 aromatic heterocycles. The Morgan fingerprint density at radius 2 is 1.78 bits per heavy atom. The number of primary amides is 1. The van der Waals surface area contributed by atoms with Crippen molar-refractivity contribution in [3.63, 3.8) is 0 Å². The van der Waals surface area contributed by atoms with E-state index in [0.717, 1.165) is 22.1 Å². The smallest absolute Gasteiger partial charge is 0.248 e. The van der Waals surface area contributed by atoms with Gasteiger partial charge >= 0.3 is 0 Å². The highest BCUT2D eigenvalue weighted by Gasteiger charge is 2.16. The number of rotatable bonds is 4. The van der Waals surface area contributed by atoms with E-state index in [-0.39, 0.29) is 0 Å². The Kier molecular flexibility index (Phi) is 4.00. The first-order chi connectivity index (χ1) is 11.1. The Hall–Kier alpha value is -2.85. The highest BCUT2D eigenvalue weighted by atomic mass is 16.5. The van der Waals surface area contributed by atoms with Crippen LogP contribution in [0.3, 0.4) is 0 Å². The number of nitrogens with two attached hydrogens (primary N) is 1. The zero-order chi connectivity index (χ0) is 16.4. The second kappa shape index (κ2) is 6.10. The lowest BCUT2D eigenvalue weighted by atomic mass is 9.94. The molecule has 0 aliphatic carbocycles. The maximum absolute atomic E-state index is 11.3. The van der Waals surface area contributed by atoms with E-state index in [4.69, 9.17) is 10.5 Å². The molecule has 3 N–H and O–H groups in total. The minimum atomic E-state index is -0.856. The van der Waals surface area contributed by atoms with Crippen LogP contribution in [0, 0.1) is 0 Å². The number of amides is 1. The number of methoxy groups -OCH3 is 1. The zero-order valence-electron chi connectivity index (χ0n) is 12.7. The van der Waals surface area contributed by atoms with Crippen LogP contribution in [0.2, 0.25) is 0 Å². The lowest BCUT2D eigenvalue weighted by molar-refractivity contribution is 0.1000. The maximum Gasteiger partial charge on any atom is 0.248 e. The van der Waals surface area contributed by atoms with Crippen molar-refractivity contribution in [2.24, 2.45) is 5.73 Å². The van der Waals surface area contributed by atoms with Gasteiger partial charge in [-0.05, 0) is 34.7 Å². The van der Waals surface area contributed by atoms with Gasteiger partial charge in [0.1, 0.15) is 11.9 Å². The van der Waals surface area contributed by atoms with E-state index < -0.39 is 12.0 Å². The number of carbonyl (C=O) groups is 1. The molecule has 3 aromatic carbocycles. The maximum atomic E-state index is 11.3. The molecule has 3 aromatic rings. The predicted molar refractivity (Wildman–Crippen MR) is 89.5 cm³/mol. The van der Waals surface area contributed by atoms with E-state index in [1.54, 1.807) is 31.4 Å². The molecule has 1 unspecified atom stereocenters. The summed E-state index contributed by atoms with van der Waals surface area (Å²) < 4.78 is 5.38. The van der Waals surface area contributed by atoms with Crippen LogP contribution in [0.4, 0.5) is 0 Å². The summed E-state index contributed by atoms with van der Waals surface area (Å²) in [5, 5.41) is 12.6. The number of benzene rings is 3. The van der Waals surface area contributed by atoms with Gasteiger partial charge in [-0.2, -0.15) is 0 Å². The third-order valence-corrected chi connectivity index (χ3v) is 3.92. The lowest BCUT2D eigenvalue weighted by Gasteiger charge is -2.16. The van der Waals surface area contributed by atoms with Gasteiger partial charge in [0.15, 0.2) is 0 Å². The SMILES string of the molecule is COc1ccc(C(O)c2cccc(C(N)=O)c2)c2ccccc12. The van der Waals surface area contributed by atoms with Gasteiger partial charge in [-0.15, -0.1) is 0 Å². The number of aliphatic hydroxyl groups excluding tert-OH is 1. The highest BCUT2D eigenvalue weighted by Crippen LogP contribution is 2.34. The Morgan fingerprint density at radius 1 is 1.04 bits per heavy atom. The normalized spacial score (nSPS) is 12.1. The van der Waals surface area contributed by atoms with Crippen LogP contribution in [-0.2, 0) is 0 Å². The summed E-state index contributed by atoms with van der Waals surface area (Å²) >= 11 is 0. The monoisotopic (exact) mass is 307 g/mol. The Labute approximate surface area is 134 Å². The quantitative estimate of drug-likeness (QED) is 0.778. The molecular formula is C19H17NO3. The second-order valence-electron chi connectivity index (χ2n) is 5.29. The third kappa shape index (κ3) is 2.76. The van der Waals surface area contributed by atoms with Gasteiger partial charge < -0.3 is 15.6 Å². The number of hydrogen-bond acceptors (Lipinski definition) is 3. The van der Waals surface area contributed by atoms with Crippen LogP contribution < -0.4 is 10.5 Å². The molecular weight excluding hydrogens is 290 g/mol. The molecule has 0 saturated carbocycles. The van der Waals surface area contributed by atoms with Gasteiger partial charge in [0.2, 0.25) is 5.91 Å². The van der Waals surface area contributed by atoms with Crippen molar-refractivity contribution in [1.82, 2.24) is 0 Å². The predicted octanol–water partition coefficient (Wildman–Crippen LogP) is 3.03. The molecule has 0 heterocycles. The van der Waals surface area contributed by atoms with Crippen LogP contribution in [0.15, 0.2) is 60.7 Å². The van der Waals surface area contributed by atoms with Gasteiger partial charge in [0, 0.05) is 10.9 Å². The number of fused-ring (bicyclic) bond motifs is 1. The Balaban J connectivity index is 2.13. The van der Waals surface area contributed by atoms with Crippen molar-refractivity contribution in [1.29, 1.82) is 0 Å². The molecule has 0 spiro atoms. The topological polar surface area (TPSA) is 72.6 Å². The fraction of sp³-hybridized carbons (Fsp3) is 0.105. The summed E-state index contributed by atoms with van der Waals surface area (Å²) in [7, 11) is 1.62. The van der Waals surface area contributed by atoms with Crippen LogP contribution in [0.25, 0.3) is 10.8 Å². The minimum absolute atomic E-state index is 0.374. The first kappa shape index (κ1) is 15.1. The summed E-state index contributed by atoms with van der Waals surface area (Å²) in [5.41, 5.74) is 7.06. The van der Waals surface area contributed by atoms with E-state index in [2.05, 4.69) is 0 Å². The van der Waals surface area contributed by atoms with E-state index in [9.17, 15) is 9.90 Å². The first-order valence-corrected chi connectivity index (χ1v) is 7.25. The largest absolute Gasteiger partial charge is 0.496 e. The van der Waals surface area contributed by atoms with E-state index in [1.165, 1.54) is 0 Å². The van der Waals surface area contributed by atoms with Gasteiger partial charge in [0.25, 0.3) is 0 Å². The van der Waals surface area contributed by atoms with Gasteiger partial charge in [-0.25, -0.2) is 0 Å². The van der Waals surface area contributed by atoms with Gasteiger partial charge in [-0.3, -0.25) is 4.79 Å². The van der Waals surface area contributed by atoms with Crippen molar-refractivity contribution in [2.45, 2.75) is 6.10 Å². The van der Waals surface area contributed by atoms with Crippen molar-refractivity contribution >= 4 is 16.7 Å². The molecule has 0 radical (unpaired) electrons. The first-order valence-electron chi connectivity index (χ1n) is 7.25. The number of carbonyl (C=O) groups excluding carboxylic acids is 1. The van der Waals surface area contributed by atoms with Crippen LogP contribution in [0.5, 0.6) is 5.75 Å². The van der Waals surface area contributed by atoms with Crippen molar-refractivity contribution in [3.05, 3.63) is 77.4 Å². The molecule has 4 nitrogen and oxygen atoms in total. The molecule has 0 aliphatic heterocycles. The second-order valence-corrected chi connectivity index (χ2v) is 5.29. The summed E-state index contributed by atoms with van der Waals surface area (Å²) in [6.45, 7) is 0. The van der Waals surface area contributed by atoms with Crippen molar-refractivity contribution in [3.8, 4) is 5.75 Å². The molecule has 0 aliphatic rings. The summed E-state index contributed by atoms with van der Waals surface area (Å²) in [4.78, 5) is 11.3. The average Bonchev–Trinajstić information content (AvgIpc) is 2.60. The summed E-state index contributed by atoms with van der Waals surface area (Å²) in [5.74, 6) is 0.237. The number of ether oxygens (including phenoxy) is 1. The van der Waals surface area contributed by atoms with Crippen molar-refractivity contribution in [2.75, 3.05) is 7.11 Å². The minimum Gasteiger partial charge on any atom is -0.496 e. The molecule has 1 amide bonds. The molecule has 116 valence electrons. The standard InChI is InChI=1S/C19H17NO3/c1-23-17-10-9-16(14-7-2-3-8-15(14)17)18(21)12-5-4-6-13(11-12)19(20)22/h2-11,18,21H,1H3,(H2,20,22). The molecule has 1 atom stereocenters. The van der Waals surface area contributed by atoms with Gasteiger partial charge in [-0.1, -0.05) is 42.5 Å². The zero-order valence-corrected chi connectivity index (χ0v) is 12.7. The van der Waals surface area contributed by atoms with Gasteiger partial charge in [0.05, 0.1) is 7.11 Å². The molecule has 0 fully saturated rings. The van der Waals surface area contributed by atoms with E-state index >= 15 is 0 Å². The number of hydrogen-bond donors (Lipinski definition) is 2. The van der Waals surface area contributed by atoms with Crippen molar-refractivity contribution < 1.29 is 14.6 Å². The molecule has 4 heteroatoms. The van der Waals surface area contributed by atoms with Crippen LogP contribution in [0.1, 0.15) is 27.6 Å². The fourth-order valence-corrected chi connectivity index (χ4v) is 2.75. The average molecular weight is 307 g/mol. The highest BCUT2D eigenvalue weighted by molar-refractivity contribution is 5.93. The van der Waals surface area contributed by atoms with E-state index in [0.29, 0.717) is 11.1 Å². The fourth-order valence-electron chi connectivity index (χ4n) is 2.75. The Bertz CT molecular complexity index is 873.